The number of carbonyl (C=O) groups is 5. The van der Waals surface area contributed by atoms with E-state index in [2.05, 4.69) is 30.5 Å². The van der Waals surface area contributed by atoms with E-state index in [-0.39, 0.29) is 71.9 Å². The zero-order valence-corrected chi connectivity index (χ0v) is 46.0. The summed E-state index contributed by atoms with van der Waals surface area (Å²) in [5, 5.41) is 11.5. The molecule has 5 atom stereocenters. The normalized spacial score (nSPS) is 19.7. The number of nitrogens with one attached hydrogen (secondary N) is 2. The van der Waals surface area contributed by atoms with E-state index >= 15 is 0 Å². The van der Waals surface area contributed by atoms with Gasteiger partial charge in [-0.3, -0.25) is 29.0 Å². The van der Waals surface area contributed by atoms with Crippen LogP contribution in [-0.2, 0) is 27.5 Å². The lowest BCUT2D eigenvalue weighted by atomic mass is 9.79. The van der Waals surface area contributed by atoms with Crippen molar-refractivity contribution in [2.45, 2.75) is 135 Å². The molecule has 4 aromatic rings. The first kappa shape index (κ1) is 56.7. The summed E-state index contributed by atoms with van der Waals surface area (Å²) in [6.07, 6.45) is 11.0. The first-order valence-electron chi connectivity index (χ1n) is 27.4. The van der Waals surface area contributed by atoms with E-state index in [9.17, 15) is 28.4 Å². The molecule has 0 spiro atoms. The highest BCUT2D eigenvalue weighted by Crippen LogP contribution is 2.40. The molecule has 1 unspecified atom stereocenters. The monoisotopic (exact) mass is 1070 g/mol. The van der Waals surface area contributed by atoms with Crippen LogP contribution in [0.15, 0.2) is 59.7 Å². The average Bonchev–Trinajstić information content (AvgIpc) is 4.21. The van der Waals surface area contributed by atoms with Crippen LogP contribution >= 0.6 is 11.8 Å². The number of aromatic nitrogens is 3. The van der Waals surface area contributed by atoms with Crippen LogP contribution in [0.2, 0.25) is 0 Å². The number of anilines is 1. The van der Waals surface area contributed by atoms with Crippen LogP contribution < -0.4 is 21.1 Å². The van der Waals surface area contributed by atoms with Crippen molar-refractivity contribution in [2.24, 2.45) is 16.8 Å². The van der Waals surface area contributed by atoms with Crippen LogP contribution in [0.25, 0.3) is 16.0 Å². The highest BCUT2D eigenvalue weighted by atomic mass is 32.2. The van der Waals surface area contributed by atoms with Crippen molar-refractivity contribution >= 4 is 57.7 Å². The molecule has 2 aromatic heterocycles. The summed E-state index contributed by atoms with van der Waals surface area (Å²) in [7, 11) is 3.49. The van der Waals surface area contributed by atoms with Crippen molar-refractivity contribution in [3.8, 4) is 16.9 Å². The average molecular weight is 1070 g/mol. The molecule has 0 saturated carbocycles. The fourth-order valence-corrected chi connectivity index (χ4v) is 12.4. The van der Waals surface area contributed by atoms with Gasteiger partial charge in [-0.1, -0.05) is 50.0 Å². The number of hydrogen-bond acceptors (Lipinski definition) is 13. The van der Waals surface area contributed by atoms with Gasteiger partial charge in [-0.2, -0.15) is 4.68 Å². The number of aryl methyl sites for hydroxylation is 1. The van der Waals surface area contributed by atoms with Crippen LogP contribution in [0.4, 0.5) is 16.0 Å². The largest absolute Gasteiger partial charge is 0.482 e. The van der Waals surface area contributed by atoms with Gasteiger partial charge in [0.15, 0.2) is 17.4 Å². The second-order valence-corrected chi connectivity index (χ2v) is 22.2. The molecule has 19 heteroatoms. The summed E-state index contributed by atoms with van der Waals surface area (Å²) in [5.41, 5.74) is 10.7. The number of nitrogen functional groups attached to an aromatic ring is 1. The number of benzene rings is 2. The summed E-state index contributed by atoms with van der Waals surface area (Å²) in [6.45, 7) is 17.8. The Labute approximate surface area is 456 Å². The molecule has 17 nitrogen and oxygen atoms in total. The quantitative estimate of drug-likeness (QED) is 0.0410. The van der Waals surface area contributed by atoms with Crippen molar-refractivity contribution in [3.63, 3.8) is 0 Å². The first-order chi connectivity index (χ1) is 37.1. The number of fused-ring (bicyclic) bond motifs is 5. The zero-order chi connectivity index (χ0) is 54.8. The number of nitrogens with two attached hydrogens (primary N) is 1. The number of Topliss-reactive ketones (excluding diaryl/α,β-unsaturated/α-hetero) is 2. The highest BCUT2D eigenvalue weighted by Gasteiger charge is 2.43. The molecule has 4 aliphatic rings. The van der Waals surface area contributed by atoms with E-state index in [0.717, 1.165) is 100 Å². The highest BCUT2D eigenvalue weighted by molar-refractivity contribution is 8.14. The lowest BCUT2D eigenvalue weighted by Crippen LogP contribution is -2.48. The zero-order valence-electron chi connectivity index (χ0n) is 45.2. The minimum atomic E-state index is -0.572. The second-order valence-electron chi connectivity index (χ2n) is 21.1. The predicted molar refractivity (Wildman–Crippen MR) is 297 cm³/mol. The van der Waals surface area contributed by atoms with Crippen LogP contribution in [0.5, 0.6) is 5.75 Å². The molecular formula is C58H74FN11O6S. The van der Waals surface area contributed by atoms with Crippen LogP contribution in [0, 0.1) is 31.1 Å². The number of unbranched alkanes of at least 4 members (excludes halogenated alkanes) is 5. The Balaban J connectivity index is 0.767. The number of halogens is 1. The van der Waals surface area contributed by atoms with E-state index in [1.165, 1.54) is 36.0 Å². The number of pyridine rings is 1. The maximum Gasteiger partial charge on any atom is 0.303 e. The predicted octanol–water partition coefficient (Wildman–Crippen LogP) is 8.38. The van der Waals surface area contributed by atoms with Crippen molar-refractivity contribution in [3.05, 3.63) is 99.9 Å². The number of aliphatic imine (C=N–C) groups is 1. The summed E-state index contributed by atoms with van der Waals surface area (Å²) < 4.78 is 21.6. The maximum atomic E-state index is 14.6. The van der Waals surface area contributed by atoms with E-state index < -0.39 is 23.9 Å². The third-order valence-electron chi connectivity index (χ3n) is 15.8. The van der Waals surface area contributed by atoms with Gasteiger partial charge in [0.2, 0.25) is 11.8 Å². The van der Waals surface area contributed by atoms with Crippen LogP contribution in [0.1, 0.15) is 135 Å². The first-order valence-corrected chi connectivity index (χ1v) is 28.4. The molecule has 2 saturated heterocycles. The Morgan fingerprint density at radius 3 is 2.47 bits per heavy atom. The Kier molecular flexibility index (Phi) is 19.3. The van der Waals surface area contributed by atoms with E-state index in [1.54, 1.807) is 42.0 Å². The molecule has 8 rings (SSSR count). The summed E-state index contributed by atoms with van der Waals surface area (Å²) in [4.78, 5) is 87.3. The van der Waals surface area contributed by atoms with Crippen LogP contribution in [-0.4, -0.2) is 134 Å². The van der Waals surface area contributed by atoms with Gasteiger partial charge in [-0.25, -0.2) is 9.37 Å². The number of nitrogens with zero attached hydrogens (tertiary/aromatic N) is 8. The van der Waals surface area contributed by atoms with Crippen molar-refractivity contribution in [1.29, 1.82) is 0 Å². The van der Waals surface area contributed by atoms with Gasteiger partial charge in [-0.15, -0.1) is 11.8 Å². The molecule has 2 bridgehead atoms. The van der Waals surface area contributed by atoms with Gasteiger partial charge in [0.1, 0.15) is 23.7 Å². The molecule has 2 aromatic carbocycles. The number of rotatable bonds is 21. The molecule has 0 radical (unpaired) electrons. The maximum absolute atomic E-state index is 14.6. The minimum absolute atomic E-state index is 0.0184. The SMILES string of the molecule is [C-]#[N+]c1nn(CCNC(=O)CCCCCCCCN2CCC([C@H](CC(=O)[C@H](C)NC)C(=O)N3CCC[C@H]3C3=NC(C(=O)c4ccc(F)cc4)CS3)CC2)c2c1-c1cnc(N)c(c1)O[C@H](C)c1cc(C)ccc1C(=O)N(C)C2. The van der Waals surface area contributed by atoms with Crippen molar-refractivity contribution in [1.82, 2.24) is 40.1 Å². The standard InChI is InChI=1S/C58H74FN11O6S/c1-36-16-21-43-44(30-36)38(3)76-50-31-41(33-64-54(50)60)52-48(34-67(6)57(43)74)70(66-55(52)62-5)29-24-63-51(72)15-11-9-7-8-10-12-25-68-27-22-39(23-28-68)45(32-49(71)37(2)61-4)58(75)69-26-13-14-47(69)56-65-46(35-77-56)53(73)40-17-19-42(59)20-18-40/h16-21,30-31,33,37-39,45-47,61H,7-15,22-29,32,34-35H2,1-4,6H3,(H2,60,64)(H,63,72)/t37-,38+,45-,46?,47-/m0/s1. The summed E-state index contributed by atoms with van der Waals surface area (Å²) in [6, 6.07) is 11.8. The molecule has 2 fully saturated rings. The molecule has 4 aliphatic heterocycles. The van der Waals surface area contributed by atoms with Gasteiger partial charge in [0.25, 0.3) is 5.91 Å². The summed E-state index contributed by atoms with van der Waals surface area (Å²) >= 11 is 1.53. The van der Waals surface area contributed by atoms with Gasteiger partial charge in [0, 0.05) is 73.1 Å². The van der Waals surface area contributed by atoms with Crippen LogP contribution in [0.3, 0.4) is 0 Å². The smallest absolute Gasteiger partial charge is 0.303 e. The molecular weight excluding hydrogens is 998 g/mol. The van der Waals surface area contributed by atoms with Gasteiger partial charge >= 0.3 is 5.82 Å². The Morgan fingerprint density at radius 1 is 0.987 bits per heavy atom. The number of likely N-dealkylation sites (tertiary alicyclic amines) is 2. The Morgan fingerprint density at radius 2 is 1.73 bits per heavy atom. The van der Waals surface area contributed by atoms with Gasteiger partial charge in [-0.05, 0) is 139 Å². The Hall–Kier alpha value is -6.49. The van der Waals surface area contributed by atoms with Crippen molar-refractivity contribution < 1.29 is 33.1 Å². The fourth-order valence-electron chi connectivity index (χ4n) is 11.2. The topological polar surface area (TPSA) is 202 Å². The fraction of sp³-hybridized carbons (Fsp3) is 0.534. The van der Waals surface area contributed by atoms with E-state index in [0.29, 0.717) is 65.5 Å². The number of ketones is 2. The number of ether oxygens (including phenoxy) is 1. The van der Waals surface area contributed by atoms with Gasteiger partial charge < -0.3 is 40.6 Å². The molecule has 6 heterocycles. The lowest BCUT2D eigenvalue weighted by Gasteiger charge is -2.38. The van der Waals surface area contributed by atoms with Gasteiger partial charge in [0.05, 0.1) is 35.9 Å². The molecule has 4 N–H and O–H groups in total. The number of likely N-dealkylation sites (N-methyl/N-ethyl adjacent to an activating group) is 1. The number of hydrogen-bond donors (Lipinski definition) is 3. The molecule has 3 amide bonds. The second kappa shape index (κ2) is 26.2. The number of amides is 3. The minimum Gasteiger partial charge on any atom is -0.482 e. The van der Waals surface area contributed by atoms with E-state index in [1.807, 2.05) is 37.8 Å². The molecule has 410 valence electrons. The van der Waals surface area contributed by atoms with Crippen molar-refractivity contribution in [2.75, 3.05) is 58.3 Å². The Bertz CT molecular complexity index is 2860. The molecule has 77 heavy (non-hydrogen) atoms. The van der Waals surface area contributed by atoms with E-state index in [4.69, 9.17) is 22.0 Å². The number of carbonyl (C=O) groups excluding carboxylic acids is 5. The third-order valence-corrected chi connectivity index (χ3v) is 16.9. The summed E-state index contributed by atoms with van der Waals surface area (Å²) in [5.74, 6) is 0.0914. The molecule has 0 aliphatic carbocycles. The lowest BCUT2D eigenvalue weighted by molar-refractivity contribution is -0.141. The third kappa shape index (κ3) is 13.8. The number of piperidine rings is 1. The number of thioether (sulfide) groups is 1.